The van der Waals surface area contributed by atoms with E-state index in [1.807, 2.05) is 6.07 Å². The minimum Gasteiger partial charge on any atom is -0.478 e. The van der Waals surface area contributed by atoms with E-state index in [1.165, 1.54) is 4.90 Å². The Morgan fingerprint density at radius 3 is 2.65 bits per heavy atom. The zero-order valence-electron chi connectivity index (χ0n) is 10.9. The van der Waals surface area contributed by atoms with Crippen LogP contribution in [0.25, 0.3) is 0 Å². The summed E-state index contributed by atoms with van der Waals surface area (Å²) in [4.78, 5) is 36.0. The van der Waals surface area contributed by atoms with Gasteiger partial charge >= 0.3 is 5.97 Å². The van der Waals surface area contributed by atoms with Crippen molar-refractivity contribution in [2.24, 2.45) is 0 Å². The molecule has 1 aromatic rings. The lowest BCUT2D eigenvalue weighted by molar-refractivity contribution is -0.131. The van der Waals surface area contributed by atoms with E-state index in [4.69, 9.17) is 5.11 Å². The summed E-state index contributed by atoms with van der Waals surface area (Å²) in [6.07, 6.45) is 1.03. The summed E-state index contributed by atoms with van der Waals surface area (Å²) in [5.41, 5.74) is 2.19. The average molecular weight is 338 g/mol. The van der Waals surface area contributed by atoms with Gasteiger partial charge in [0.25, 0.3) is 11.7 Å². The van der Waals surface area contributed by atoms with E-state index in [0.29, 0.717) is 16.8 Å². The normalized spacial score (nSPS) is 14.8. The number of rotatable bonds is 3. The van der Waals surface area contributed by atoms with Crippen molar-refractivity contribution < 1.29 is 19.5 Å². The van der Waals surface area contributed by atoms with Gasteiger partial charge in [-0.2, -0.15) is 0 Å². The molecule has 1 N–H and O–H groups in total. The SMILES string of the molecule is CC(=CC(=O)O)CN1C(=O)C(=O)c2cc(Br)cc(C)c21. The largest absolute Gasteiger partial charge is 0.478 e. The second-order valence-corrected chi connectivity index (χ2v) is 5.58. The third-order valence-electron chi connectivity index (χ3n) is 3.00. The van der Waals surface area contributed by atoms with Crippen LogP contribution in [0.5, 0.6) is 0 Å². The number of fused-ring (bicyclic) bond motifs is 1. The van der Waals surface area contributed by atoms with Crippen molar-refractivity contribution in [3.05, 3.63) is 39.4 Å². The summed E-state index contributed by atoms with van der Waals surface area (Å²) in [5, 5.41) is 8.71. The molecule has 20 heavy (non-hydrogen) atoms. The molecule has 1 aliphatic rings. The molecule has 0 saturated heterocycles. The number of carboxylic acids is 1. The molecule has 0 fully saturated rings. The highest BCUT2D eigenvalue weighted by atomic mass is 79.9. The first-order chi connectivity index (χ1) is 9.31. The summed E-state index contributed by atoms with van der Waals surface area (Å²) >= 11 is 3.30. The number of aryl methyl sites for hydroxylation is 1. The maximum Gasteiger partial charge on any atom is 0.328 e. The molecule has 1 amide bonds. The number of amides is 1. The Labute approximate surface area is 124 Å². The van der Waals surface area contributed by atoms with E-state index in [-0.39, 0.29) is 6.54 Å². The van der Waals surface area contributed by atoms with Gasteiger partial charge in [0.1, 0.15) is 0 Å². The summed E-state index contributed by atoms with van der Waals surface area (Å²) in [6, 6.07) is 3.42. The fourth-order valence-corrected chi connectivity index (χ4v) is 2.84. The van der Waals surface area contributed by atoms with E-state index >= 15 is 0 Å². The molecule has 1 aromatic carbocycles. The van der Waals surface area contributed by atoms with Crippen molar-refractivity contribution >= 4 is 39.3 Å². The second kappa shape index (κ2) is 5.20. The highest BCUT2D eigenvalue weighted by Crippen LogP contribution is 2.35. The molecule has 0 spiro atoms. The monoisotopic (exact) mass is 337 g/mol. The standard InChI is InChI=1S/C14H12BrNO4/c1-7(3-11(17)18)6-16-12-8(2)4-9(15)5-10(12)13(19)14(16)20/h3-5H,6H2,1-2H3,(H,17,18). The number of carbonyl (C=O) groups is 3. The first-order valence-corrected chi connectivity index (χ1v) is 6.67. The Morgan fingerprint density at radius 2 is 2.05 bits per heavy atom. The van der Waals surface area contributed by atoms with Crippen molar-refractivity contribution in [1.82, 2.24) is 0 Å². The molecular weight excluding hydrogens is 326 g/mol. The molecule has 0 atom stereocenters. The van der Waals surface area contributed by atoms with Crippen molar-refractivity contribution in [2.45, 2.75) is 13.8 Å². The highest BCUT2D eigenvalue weighted by molar-refractivity contribution is 9.10. The fraction of sp³-hybridized carbons (Fsp3) is 0.214. The number of benzene rings is 1. The molecule has 2 rings (SSSR count). The maximum atomic E-state index is 12.0. The van der Waals surface area contributed by atoms with Gasteiger partial charge < -0.3 is 10.0 Å². The molecule has 0 saturated carbocycles. The van der Waals surface area contributed by atoms with Crippen LogP contribution in [0.4, 0.5) is 5.69 Å². The van der Waals surface area contributed by atoms with E-state index in [1.54, 1.807) is 19.9 Å². The summed E-state index contributed by atoms with van der Waals surface area (Å²) in [6.45, 7) is 3.50. The van der Waals surface area contributed by atoms with Crippen molar-refractivity contribution in [2.75, 3.05) is 11.4 Å². The van der Waals surface area contributed by atoms with Gasteiger partial charge in [0, 0.05) is 17.1 Å². The van der Waals surface area contributed by atoms with Gasteiger partial charge in [0.15, 0.2) is 0 Å². The van der Waals surface area contributed by atoms with Crippen molar-refractivity contribution in [3.8, 4) is 0 Å². The summed E-state index contributed by atoms with van der Waals surface area (Å²) in [7, 11) is 0. The predicted octanol–water partition coefficient (Wildman–Crippen LogP) is 2.32. The number of nitrogens with zero attached hydrogens (tertiary/aromatic N) is 1. The number of aliphatic carboxylic acids is 1. The average Bonchev–Trinajstić information content (AvgIpc) is 2.53. The number of anilines is 1. The van der Waals surface area contributed by atoms with Crippen LogP contribution in [-0.2, 0) is 9.59 Å². The molecule has 0 aliphatic carbocycles. The van der Waals surface area contributed by atoms with Crippen molar-refractivity contribution in [3.63, 3.8) is 0 Å². The van der Waals surface area contributed by atoms with Gasteiger partial charge in [-0.05, 0) is 37.1 Å². The predicted molar refractivity (Wildman–Crippen MR) is 77.0 cm³/mol. The molecule has 1 heterocycles. The summed E-state index contributed by atoms with van der Waals surface area (Å²) < 4.78 is 0.731. The number of hydrogen-bond acceptors (Lipinski definition) is 3. The molecule has 0 aromatic heterocycles. The maximum absolute atomic E-state index is 12.0. The lowest BCUT2D eigenvalue weighted by atomic mass is 10.1. The molecule has 104 valence electrons. The lowest BCUT2D eigenvalue weighted by Crippen LogP contribution is -2.31. The van der Waals surface area contributed by atoms with Crippen LogP contribution < -0.4 is 4.90 Å². The molecule has 1 aliphatic heterocycles. The van der Waals surface area contributed by atoms with Crippen LogP contribution in [-0.4, -0.2) is 29.3 Å². The first-order valence-electron chi connectivity index (χ1n) is 5.87. The molecule has 5 nitrogen and oxygen atoms in total. The Morgan fingerprint density at radius 1 is 1.40 bits per heavy atom. The number of ketones is 1. The number of carbonyl (C=O) groups excluding carboxylic acids is 2. The minimum absolute atomic E-state index is 0.0896. The highest BCUT2D eigenvalue weighted by Gasteiger charge is 2.37. The van der Waals surface area contributed by atoms with Gasteiger partial charge in [0.2, 0.25) is 0 Å². The van der Waals surface area contributed by atoms with Gasteiger partial charge in [-0.3, -0.25) is 9.59 Å². The van der Waals surface area contributed by atoms with E-state index < -0.39 is 17.7 Å². The van der Waals surface area contributed by atoms with Gasteiger partial charge in [-0.1, -0.05) is 15.9 Å². The van der Waals surface area contributed by atoms with E-state index in [9.17, 15) is 14.4 Å². The van der Waals surface area contributed by atoms with E-state index in [0.717, 1.165) is 16.1 Å². The number of halogens is 1. The van der Waals surface area contributed by atoms with Crippen LogP contribution in [0.2, 0.25) is 0 Å². The smallest absolute Gasteiger partial charge is 0.328 e. The second-order valence-electron chi connectivity index (χ2n) is 4.67. The summed E-state index contributed by atoms with van der Waals surface area (Å²) in [5.74, 6) is -2.26. The van der Waals surface area contributed by atoms with Crippen LogP contribution in [0.1, 0.15) is 22.8 Å². The molecule has 0 bridgehead atoms. The third-order valence-corrected chi connectivity index (χ3v) is 3.45. The zero-order valence-corrected chi connectivity index (χ0v) is 12.5. The molecule has 6 heteroatoms. The fourth-order valence-electron chi connectivity index (χ4n) is 2.26. The molecule has 0 unspecified atom stereocenters. The van der Waals surface area contributed by atoms with Gasteiger partial charge in [0.05, 0.1) is 11.3 Å². The van der Waals surface area contributed by atoms with Crippen LogP contribution in [0.3, 0.4) is 0 Å². The Balaban J connectivity index is 2.46. The Kier molecular flexibility index (Phi) is 3.76. The van der Waals surface area contributed by atoms with Gasteiger partial charge in [-0.25, -0.2) is 4.79 Å². The number of Topliss-reactive ketones (excluding diaryl/α,β-unsaturated/α-hetero) is 1. The lowest BCUT2D eigenvalue weighted by Gasteiger charge is -2.18. The third kappa shape index (κ3) is 2.51. The van der Waals surface area contributed by atoms with Crippen LogP contribution >= 0.6 is 15.9 Å². The Bertz CT molecular complexity index is 663. The quantitative estimate of drug-likeness (QED) is 0.678. The zero-order chi connectivity index (χ0) is 15.0. The molecule has 0 radical (unpaired) electrons. The Hall–Kier alpha value is -1.95. The van der Waals surface area contributed by atoms with Crippen LogP contribution in [0.15, 0.2) is 28.3 Å². The number of hydrogen-bond donors (Lipinski definition) is 1. The topological polar surface area (TPSA) is 74.7 Å². The van der Waals surface area contributed by atoms with Gasteiger partial charge in [-0.15, -0.1) is 0 Å². The van der Waals surface area contributed by atoms with E-state index in [2.05, 4.69) is 15.9 Å². The minimum atomic E-state index is -1.08. The van der Waals surface area contributed by atoms with Crippen LogP contribution in [0, 0.1) is 6.92 Å². The van der Waals surface area contributed by atoms with Crippen molar-refractivity contribution in [1.29, 1.82) is 0 Å². The number of carboxylic acid groups (broad SMARTS) is 1. The first kappa shape index (κ1) is 14.5. The molecular formula is C14H12BrNO4.